The van der Waals surface area contributed by atoms with Crippen LogP contribution in [0, 0.1) is 0 Å². The molecule has 1 amide bonds. The van der Waals surface area contributed by atoms with Crippen molar-refractivity contribution in [3.63, 3.8) is 0 Å². The molecule has 0 bridgehead atoms. The van der Waals surface area contributed by atoms with E-state index in [0.717, 1.165) is 0 Å². The number of fused-ring (bicyclic) bond motifs is 1. The van der Waals surface area contributed by atoms with Crippen molar-refractivity contribution in [1.29, 1.82) is 0 Å². The number of nitrogens with zero attached hydrogens (tertiary/aromatic N) is 1. The second-order valence-electron chi connectivity index (χ2n) is 4.56. The molecule has 1 aromatic heterocycles. The van der Waals surface area contributed by atoms with E-state index in [1.807, 2.05) is 0 Å². The Kier molecular flexibility index (Phi) is 4.29. The molecule has 0 saturated carbocycles. The fourth-order valence-electron chi connectivity index (χ4n) is 1.97. The third kappa shape index (κ3) is 3.11. The zero-order chi connectivity index (χ0) is 14.7. The predicted octanol–water partition coefficient (Wildman–Crippen LogP) is 0.420. The third-order valence-corrected chi connectivity index (χ3v) is 3.74. The molecule has 2 atom stereocenters. The fraction of sp³-hybridized carbons (Fsp3) is 0.308. The van der Waals surface area contributed by atoms with Crippen molar-refractivity contribution >= 4 is 27.5 Å². The minimum Gasteiger partial charge on any atom is -0.347 e. The highest BCUT2D eigenvalue weighted by atomic mass is 32.2. The Balaban J connectivity index is 2.34. The maximum Gasteiger partial charge on any atom is 0.272 e. The van der Waals surface area contributed by atoms with Gasteiger partial charge in [-0.1, -0.05) is 18.2 Å². The monoisotopic (exact) mass is 293 g/mol. The van der Waals surface area contributed by atoms with Crippen LogP contribution in [0.15, 0.2) is 29.1 Å². The van der Waals surface area contributed by atoms with E-state index in [2.05, 4.69) is 15.5 Å². The number of rotatable bonds is 4. The molecule has 2 aromatic rings. The molecule has 2 rings (SSSR count). The van der Waals surface area contributed by atoms with Crippen LogP contribution < -0.4 is 10.9 Å². The Morgan fingerprint density at radius 3 is 2.70 bits per heavy atom. The highest BCUT2D eigenvalue weighted by Gasteiger charge is 2.16. The van der Waals surface area contributed by atoms with E-state index < -0.39 is 16.7 Å². The lowest BCUT2D eigenvalue weighted by atomic mass is 10.1. The maximum atomic E-state index is 12.2. The Labute approximate surface area is 118 Å². The molecule has 2 N–H and O–H groups in total. The molecule has 1 heterocycles. The highest BCUT2D eigenvalue weighted by molar-refractivity contribution is 7.84. The number of aromatic amines is 1. The summed E-state index contributed by atoms with van der Waals surface area (Å²) >= 11 is 0. The molecule has 0 aliphatic carbocycles. The first-order valence-corrected chi connectivity index (χ1v) is 7.80. The summed E-state index contributed by atoms with van der Waals surface area (Å²) in [5.41, 5.74) is -0.172. The van der Waals surface area contributed by atoms with E-state index in [9.17, 15) is 13.8 Å². The van der Waals surface area contributed by atoms with E-state index in [0.29, 0.717) is 16.5 Å². The van der Waals surface area contributed by atoms with Gasteiger partial charge in [0, 0.05) is 34.2 Å². The number of amides is 1. The number of benzene rings is 1. The lowest BCUT2D eigenvalue weighted by molar-refractivity contribution is 0.0939. The quantitative estimate of drug-likeness (QED) is 0.854. The topological polar surface area (TPSA) is 91.9 Å². The molecule has 7 heteroatoms. The summed E-state index contributed by atoms with van der Waals surface area (Å²) < 4.78 is 11.1. The Hall–Kier alpha value is -2.02. The lowest BCUT2D eigenvalue weighted by Gasteiger charge is -2.12. The van der Waals surface area contributed by atoms with Gasteiger partial charge in [0.25, 0.3) is 11.5 Å². The molecule has 0 spiro atoms. The molecular formula is C13H15N3O3S. The number of nitrogens with one attached hydrogen (secondary N) is 2. The highest BCUT2D eigenvalue weighted by Crippen LogP contribution is 2.12. The van der Waals surface area contributed by atoms with E-state index in [4.69, 9.17) is 0 Å². The first-order valence-electron chi connectivity index (χ1n) is 6.07. The van der Waals surface area contributed by atoms with E-state index in [-0.39, 0.29) is 17.3 Å². The molecule has 0 saturated heterocycles. The second-order valence-corrected chi connectivity index (χ2v) is 6.04. The van der Waals surface area contributed by atoms with Gasteiger partial charge in [-0.2, -0.15) is 5.10 Å². The van der Waals surface area contributed by atoms with Gasteiger partial charge in [-0.25, -0.2) is 5.10 Å². The summed E-state index contributed by atoms with van der Waals surface area (Å²) in [7, 11) is -0.992. The van der Waals surface area contributed by atoms with E-state index >= 15 is 0 Å². The van der Waals surface area contributed by atoms with Gasteiger partial charge in [0.2, 0.25) is 0 Å². The molecule has 106 valence electrons. The number of carbonyl (C=O) groups is 1. The summed E-state index contributed by atoms with van der Waals surface area (Å²) in [6.45, 7) is 1.77. The first kappa shape index (κ1) is 14.4. The van der Waals surface area contributed by atoms with Crippen LogP contribution in [0.25, 0.3) is 10.8 Å². The Morgan fingerprint density at radius 2 is 2.05 bits per heavy atom. The van der Waals surface area contributed by atoms with Crippen molar-refractivity contribution < 1.29 is 9.00 Å². The normalized spacial score (nSPS) is 13.9. The molecule has 1 aromatic carbocycles. The molecule has 20 heavy (non-hydrogen) atoms. The molecule has 2 unspecified atom stereocenters. The van der Waals surface area contributed by atoms with Gasteiger partial charge in [0.1, 0.15) is 0 Å². The van der Waals surface area contributed by atoms with Gasteiger partial charge < -0.3 is 5.32 Å². The second kappa shape index (κ2) is 5.96. The number of carbonyl (C=O) groups excluding carboxylic acids is 1. The summed E-state index contributed by atoms with van der Waals surface area (Å²) in [6, 6.07) is 6.54. The molecule has 0 aliphatic rings. The van der Waals surface area contributed by atoms with Crippen molar-refractivity contribution in [2.24, 2.45) is 0 Å². The Bertz CT molecular complexity index is 726. The maximum absolute atomic E-state index is 12.2. The predicted molar refractivity (Wildman–Crippen MR) is 78.2 cm³/mol. The standard InChI is InChI=1S/C13H15N3O3S/c1-8(7-20(2)19)14-13(18)11-9-5-3-4-6-10(9)12(17)16-15-11/h3-6,8H,7H2,1-2H3,(H,14,18)(H,16,17). The minimum atomic E-state index is -0.992. The van der Waals surface area contributed by atoms with Crippen molar-refractivity contribution in [2.45, 2.75) is 13.0 Å². The van der Waals surface area contributed by atoms with Gasteiger partial charge in [-0.05, 0) is 13.0 Å². The number of hydrogen-bond donors (Lipinski definition) is 2. The van der Waals surface area contributed by atoms with Crippen LogP contribution in [-0.4, -0.2) is 38.4 Å². The van der Waals surface area contributed by atoms with Crippen LogP contribution >= 0.6 is 0 Å². The Morgan fingerprint density at radius 1 is 1.40 bits per heavy atom. The van der Waals surface area contributed by atoms with Gasteiger partial charge >= 0.3 is 0 Å². The molecule has 0 aliphatic heterocycles. The largest absolute Gasteiger partial charge is 0.347 e. The minimum absolute atomic E-state index is 0.161. The van der Waals surface area contributed by atoms with Gasteiger partial charge in [-0.15, -0.1) is 0 Å². The average molecular weight is 293 g/mol. The summed E-state index contributed by atoms with van der Waals surface area (Å²) in [5.74, 6) is -0.0251. The van der Waals surface area contributed by atoms with Crippen LogP contribution in [0.3, 0.4) is 0 Å². The average Bonchev–Trinajstić information content (AvgIpc) is 2.38. The van der Waals surface area contributed by atoms with Crippen molar-refractivity contribution in [2.75, 3.05) is 12.0 Å². The van der Waals surface area contributed by atoms with Crippen LogP contribution in [0.1, 0.15) is 17.4 Å². The van der Waals surface area contributed by atoms with Crippen LogP contribution in [0.2, 0.25) is 0 Å². The van der Waals surface area contributed by atoms with Crippen LogP contribution in [0.5, 0.6) is 0 Å². The van der Waals surface area contributed by atoms with E-state index in [1.165, 1.54) is 0 Å². The van der Waals surface area contributed by atoms with Crippen molar-refractivity contribution in [3.05, 3.63) is 40.3 Å². The summed E-state index contributed by atoms with van der Waals surface area (Å²) in [5, 5.41) is 9.76. The smallest absolute Gasteiger partial charge is 0.272 e. The first-order chi connectivity index (χ1) is 9.49. The van der Waals surface area contributed by atoms with Crippen LogP contribution in [0.4, 0.5) is 0 Å². The number of H-pyrrole nitrogens is 1. The van der Waals surface area contributed by atoms with Crippen molar-refractivity contribution in [1.82, 2.24) is 15.5 Å². The molecule has 0 radical (unpaired) electrons. The van der Waals surface area contributed by atoms with Crippen molar-refractivity contribution in [3.8, 4) is 0 Å². The fourth-order valence-corrected chi connectivity index (χ4v) is 2.76. The van der Waals surface area contributed by atoms with E-state index in [1.54, 1.807) is 37.4 Å². The summed E-state index contributed by atoms with van der Waals surface area (Å²) in [6.07, 6.45) is 1.58. The molecule has 0 fully saturated rings. The van der Waals surface area contributed by atoms with Crippen LogP contribution in [-0.2, 0) is 10.8 Å². The SMILES string of the molecule is CC(CS(C)=O)NC(=O)c1n[nH]c(=O)c2ccccc12. The zero-order valence-electron chi connectivity index (χ0n) is 11.2. The molecule has 6 nitrogen and oxygen atoms in total. The van der Waals surface area contributed by atoms with Gasteiger partial charge in [0.05, 0.1) is 5.39 Å². The summed E-state index contributed by atoms with van der Waals surface area (Å²) in [4.78, 5) is 23.8. The molecular weight excluding hydrogens is 278 g/mol. The number of hydrogen-bond acceptors (Lipinski definition) is 4. The lowest BCUT2D eigenvalue weighted by Crippen LogP contribution is -2.37. The number of aromatic nitrogens is 2. The zero-order valence-corrected chi connectivity index (χ0v) is 12.0. The van der Waals surface area contributed by atoms with Gasteiger partial charge in [-0.3, -0.25) is 13.8 Å². The van der Waals surface area contributed by atoms with Gasteiger partial charge in [0.15, 0.2) is 5.69 Å². The third-order valence-electron chi connectivity index (χ3n) is 2.77.